The Morgan fingerprint density at radius 2 is 2.00 bits per heavy atom. The van der Waals surface area contributed by atoms with Crippen molar-refractivity contribution < 1.29 is 0 Å². The highest BCUT2D eigenvalue weighted by molar-refractivity contribution is 7.10. The standard InChI is InChI=1S/C12H21N3S/c1-7(2)8(3)15(4)12-10(9-5-6-9)11(13)14-16-12/h7-9H,5-6H2,1-4H3,(H2,13,14). The molecule has 1 fully saturated rings. The van der Waals surface area contributed by atoms with Gasteiger partial charge < -0.3 is 10.6 Å². The van der Waals surface area contributed by atoms with Crippen molar-refractivity contribution in [3.8, 4) is 0 Å². The van der Waals surface area contributed by atoms with Gasteiger partial charge in [0.25, 0.3) is 0 Å². The highest BCUT2D eigenvalue weighted by Gasteiger charge is 2.32. The third kappa shape index (κ3) is 2.03. The zero-order valence-electron chi connectivity index (χ0n) is 10.5. The van der Waals surface area contributed by atoms with Gasteiger partial charge in [-0.25, -0.2) is 0 Å². The minimum absolute atomic E-state index is 0.525. The number of rotatable bonds is 4. The molecular formula is C12H21N3S. The molecule has 1 aromatic rings. The van der Waals surface area contributed by atoms with E-state index in [4.69, 9.17) is 5.73 Å². The molecule has 0 aliphatic heterocycles. The molecule has 2 rings (SSSR count). The first-order valence-corrected chi connectivity index (χ1v) is 6.77. The number of anilines is 2. The van der Waals surface area contributed by atoms with Gasteiger partial charge in [-0.05, 0) is 43.1 Å². The zero-order valence-corrected chi connectivity index (χ0v) is 11.3. The van der Waals surface area contributed by atoms with Crippen LogP contribution in [0.1, 0.15) is 45.1 Å². The van der Waals surface area contributed by atoms with Crippen LogP contribution in [0.2, 0.25) is 0 Å². The topological polar surface area (TPSA) is 42.2 Å². The minimum atomic E-state index is 0.525. The molecule has 1 aliphatic carbocycles. The molecule has 2 N–H and O–H groups in total. The highest BCUT2D eigenvalue weighted by atomic mass is 32.1. The molecule has 0 aromatic carbocycles. The largest absolute Gasteiger partial charge is 0.383 e. The summed E-state index contributed by atoms with van der Waals surface area (Å²) < 4.78 is 4.32. The van der Waals surface area contributed by atoms with E-state index in [2.05, 4.69) is 37.1 Å². The fourth-order valence-electron chi connectivity index (χ4n) is 1.94. The van der Waals surface area contributed by atoms with Crippen LogP contribution in [0, 0.1) is 5.92 Å². The second-order valence-electron chi connectivity index (χ2n) is 5.16. The highest BCUT2D eigenvalue weighted by Crippen LogP contribution is 2.49. The third-order valence-corrected chi connectivity index (χ3v) is 4.59. The fourth-order valence-corrected chi connectivity index (χ4v) is 2.89. The van der Waals surface area contributed by atoms with E-state index in [1.807, 2.05) is 0 Å². The van der Waals surface area contributed by atoms with Gasteiger partial charge in [0, 0.05) is 18.7 Å². The van der Waals surface area contributed by atoms with Crippen LogP contribution in [0.5, 0.6) is 0 Å². The quantitative estimate of drug-likeness (QED) is 0.878. The number of nitrogens with two attached hydrogens (primary N) is 1. The van der Waals surface area contributed by atoms with E-state index in [1.165, 1.54) is 23.4 Å². The van der Waals surface area contributed by atoms with Crippen LogP contribution in [0.15, 0.2) is 0 Å². The molecule has 1 atom stereocenters. The predicted molar refractivity (Wildman–Crippen MR) is 71.2 cm³/mol. The van der Waals surface area contributed by atoms with E-state index in [0.29, 0.717) is 17.9 Å². The molecule has 1 unspecified atom stereocenters. The van der Waals surface area contributed by atoms with Crippen LogP contribution in [0.3, 0.4) is 0 Å². The smallest absolute Gasteiger partial charge is 0.142 e. The van der Waals surface area contributed by atoms with Gasteiger partial charge in [-0.15, -0.1) is 0 Å². The van der Waals surface area contributed by atoms with Crippen LogP contribution in [-0.2, 0) is 0 Å². The number of aromatic nitrogens is 1. The van der Waals surface area contributed by atoms with Gasteiger partial charge in [-0.1, -0.05) is 13.8 Å². The molecule has 1 aromatic heterocycles. The molecule has 0 amide bonds. The van der Waals surface area contributed by atoms with Crippen molar-refractivity contribution in [1.29, 1.82) is 0 Å². The van der Waals surface area contributed by atoms with Gasteiger partial charge >= 0.3 is 0 Å². The van der Waals surface area contributed by atoms with Gasteiger partial charge in [0.1, 0.15) is 10.8 Å². The Morgan fingerprint density at radius 1 is 1.38 bits per heavy atom. The second-order valence-corrected chi connectivity index (χ2v) is 5.91. The maximum Gasteiger partial charge on any atom is 0.142 e. The molecule has 1 heterocycles. The van der Waals surface area contributed by atoms with Crippen molar-refractivity contribution >= 4 is 22.4 Å². The maximum absolute atomic E-state index is 5.97. The lowest BCUT2D eigenvalue weighted by molar-refractivity contribution is 0.507. The van der Waals surface area contributed by atoms with Gasteiger partial charge in [0.05, 0.1) is 0 Å². The maximum atomic E-state index is 5.97. The summed E-state index contributed by atoms with van der Waals surface area (Å²) in [7, 11) is 2.16. The molecule has 1 aliphatic rings. The Bertz CT molecular complexity index is 368. The lowest BCUT2D eigenvalue weighted by Gasteiger charge is -2.29. The molecule has 1 saturated carbocycles. The van der Waals surface area contributed by atoms with Crippen LogP contribution in [0.4, 0.5) is 10.8 Å². The summed E-state index contributed by atoms with van der Waals surface area (Å²) in [5, 5.41) is 1.28. The second kappa shape index (κ2) is 4.24. The monoisotopic (exact) mass is 239 g/mol. The van der Waals surface area contributed by atoms with Crippen molar-refractivity contribution in [3.63, 3.8) is 0 Å². The first-order chi connectivity index (χ1) is 7.52. The average Bonchev–Trinajstić information content (AvgIpc) is 3.00. The summed E-state index contributed by atoms with van der Waals surface area (Å²) in [5.41, 5.74) is 7.27. The van der Waals surface area contributed by atoms with E-state index in [9.17, 15) is 0 Å². The summed E-state index contributed by atoms with van der Waals surface area (Å²) in [6.07, 6.45) is 2.55. The lowest BCUT2D eigenvalue weighted by atomic mass is 10.0. The van der Waals surface area contributed by atoms with E-state index in [0.717, 1.165) is 5.82 Å². The molecule has 3 nitrogen and oxygen atoms in total. The first-order valence-electron chi connectivity index (χ1n) is 6.00. The number of hydrogen-bond donors (Lipinski definition) is 1. The van der Waals surface area contributed by atoms with Crippen molar-refractivity contribution in [2.45, 2.75) is 45.6 Å². The Labute approximate surface area is 102 Å². The minimum Gasteiger partial charge on any atom is -0.383 e. The predicted octanol–water partition coefficient (Wildman–Crippen LogP) is 3.08. The Morgan fingerprint density at radius 3 is 2.50 bits per heavy atom. The molecule has 0 bridgehead atoms. The number of nitrogen functional groups attached to an aromatic ring is 1. The van der Waals surface area contributed by atoms with E-state index in [-0.39, 0.29) is 0 Å². The van der Waals surface area contributed by atoms with Crippen LogP contribution >= 0.6 is 11.5 Å². The molecule has 0 radical (unpaired) electrons. The van der Waals surface area contributed by atoms with Crippen molar-refractivity contribution in [2.24, 2.45) is 5.92 Å². The third-order valence-electron chi connectivity index (χ3n) is 3.62. The van der Waals surface area contributed by atoms with Gasteiger partial charge in [0.15, 0.2) is 0 Å². The van der Waals surface area contributed by atoms with Gasteiger partial charge in [-0.2, -0.15) is 4.37 Å². The van der Waals surface area contributed by atoms with E-state index in [1.54, 1.807) is 11.5 Å². The van der Waals surface area contributed by atoms with Crippen LogP contribution in [0.25, 0.3) is 0 Å². The molecule has 4 heteroatoms. The first kappa shape index (κ1) is 11.7. The summed E-state index contributed by atoms with van der Waals surface area (Å²) >= 11 is 1.55. The SMILES string of the molecule is CC(C)C(C)N(C)c1snc(N)c1C1CC1. The number of hydrogen-bond acceptors (Lipinski definition) is 4. The number of nitrogens with zero attached hydrogens (tertiary/aromatic N) is 2. The van der Waals surface area contributed by atoms with Crippen molar-refractivity contribution in [2.75, 3.05) is 17.7 Å². The molecular weight excluding hydrogens is 218 g/mol. The van der Waals surface area contributed by atoms with E-state index < -0.39 is 0 Å². The summed E-state index contributed by atoms with van der Waals surface area (Å²) in [4.78, 5) is 2.34. The Hall–Kier alpha value is -0.770. The zero-order chi connectivity index (χ0) is 11.9. The normalized spacial score (nSPS) is 17.8. The van der Waals surface area contributed by atoms with Crippen molar-refractivity contribution in [1.82, 2.24) is 4.37 Å². The van der Waals surface area contributed by atoms with E-state index >= 15 is 0 Å². The lowest BCUT2D eigenvalue weighted by Crippen LogP contribution is -2.33. The summed E-state index contributed by atoms with van der Waals surface area (Å²) in [5.74, 6) is 2.07. The van der Waals surface area contributed by atoms with Gasteiger partial charge in [0.2, 0.25) is 0 Å². The Kier molecular flexibility index (Phi) is 3.10. The van der Waals surface area contributed by atoms with Gasteiger partial charge in [-0.3, -0.25) is 0 Å². The molecule has 16 heavy (non-hydrogen) atoms. The molecule has 90 valence electrons. The Balaban J connectivity index is 2.25. The summed E-state index contributed by atoms with van der Waals surface area (Å²) in [6, 6.07) is 0.525. The van der Waals surface area contributed by atoms with Crippen LogP contribution < -0.4 is 10.6 Å². The molecule has 0 spiro atoms. The molecule has 0 saturated heterocycles. The summed E-state index contributed by atoms with van der Waals surface area (Å²) in [6.45, 7) is 6.77. The average molecular weight is 239 g/mol. The fraction of sp³-hybridized carbons (Fsp3) is 0.750. The van der Waals surface area contributed by atoms with Crippen LogP contribution in [-0.4, -0.2) is 17.5 Å². The van der Waals surface area contributed by atoms with Crippen molar-refractivity contribution in [3.05, 3.63) is 5.56 Å².